The molecule has 0 unspecified atom stereocenters. The molecule has 0 amide bonds. The van der Waals surface area contributed by atoms with E-state index in [9.17, 15) is 9.59 Å². The van der Waals surface area contributed by atoms with Gasteiger partial charge in [0.2, 0.25) is 0 Å². The van der Waals surface area contributed by atoms with Gasteiger partial charge >= 0.3 is 5.69 Å². The lowest BCUT2D eigenvalue weighted by Crippen LogP contribution is -2.36. The highest BCUT2D eigenvalue weighted by atomic mass is 16.2. The Morgan fingerprint density at radius 2 is 2.00 bits per heavy atom. The van der Waals surface area contributed by atoms with Crippen LogP contribution in [-0.4, -0.2) is 19.1 Å². The van der Waals surface area contributed by atoms with E-state index in [4.69, 9.17) is 0 Å². The highest BCUT2D eigenvalue weighted by Gasteiger charge is 2.17. The minimum absolute atomic E-state index is 0.0335. The zero-order chi connectivity index (χ0) is 14.2. The third kappa shape index (κ3) is 2.62. The maximum Gasteiger partial charge on any atom is 0.330 e. The molecule has 104 valence electrons. The van der Waals surface area contributed by atoms with Crippen molar-refractivity contribution >= 4 is 11.2 Å². The Hall–Kier alpha value is -1.85. The molecule has 0 aliphatic rings. The normalized spacial score (nSPS) is 12.2. The minimum atomic E-state index is -0.389. The van der Waals surface area contributed by atoms with Gasteiger partial charge in [-0.3, -0.25) is 14.3 Å². The van der Waals surface area contributed by atoms with Gasteiger partial charge < -0.3 is 4.57 Å². The van der Waals surface area contributed by atoms with Crippen molar-refractivity contribution in [2.45, 2.75) is 47.2 Å². The SMILES string of the molecule is CCCn1c(=O)[nH]c2ncn(CC(C)(C)C)c2c1=O. The molecular formula is C13H20N4O2. The average molecular weight is 264 g/mol. The van der Waals surface area contributed by atoms with E-state index in [2.05, 4.69) is 30.7 Å². The first kappa shape index (κ1) is 13.6. The summed E-state index contributed by atoms with van der Waals surface area (Å²) in [4.78, 5) is 31.0. The number of aromatic nitrogens is 4. The summed E-state index contributed by atoms with van der Waals surface area (Å²) in [6.07, 6.45) is 2.35. The van der Waals surface area contributed by atoms with Gasteiger partial charge in [0.15, 0.2) is 11.2 Å². The number of fused-ring (bicyclic) bond motifs is 1. The van der Waals surface area contributed by atoms with Crippen LogP contribution in [0, 0.1) is 5.41 Å². The summed E-state index contributed by atoms with van der Waals surface area (Å²) in [5.74, 6) is 0. The summed E-state index contributed by atoms with van der Waals surface area (Å²) >= 11 is 0. The van der Waals surface area contributed by atoms with Gasteiger partial charge in [-0.25, -0.2) is 9.78 Å². The smallest absolute Gasteiger partial charge is 0.324 e. The molecule has 0 saturated heterocycles. The number of imidazole rings is 1. The minimum Gasteiger partial charge on any atom is -0.324 e. The molecule has 0 aromatic carbocycles. The zero-order valence-corrected chi connectivity index (χ0v) is 11.9. The maximum atomic E-state index is 12.4. The van der Waals surface area contributed by atoms with Crippen molar-refractivity contribution in [3.63, 3.8) is 0 Å². The lowest BCUT2D eigenvalue weighted by molar-refractivity contribution is 0.348. The third-order valence-electron chi connectivity index (χ3n) is 2.85. The molecule has 2 rings (SSSR count). The third-order valence-corrected chi connectivity index (χ3v) is 2.85. The van der Waals surface area contributed by atoms with Crippen LogP contribution in [0.1, 0.15) is 34.1 Å². The van der Waals surface area contributed by atoms with Gasteiger partial charge in [0, 0.05) is 13.1 Å². The molecule has 19 heavy (non-hydrogen) atoms. The van der Waals surface area contributed by atoms with Crippen molar-refractivity contribution < 1.29 is 0 Å². The molecule has 1 N–H and O–H groups in total. The molecule has 0 atom stereocenters. The van der Waals surface area contributed by atoms with Crippen LogP contribution >= 0.6 is 0 Å². The summed E-state index contributed by atoms with van der Waals surface area (Å²) in [6.45, 7) is 9.31. The van der Waals surface area contributed by atoms with Gasteiger partial charge in [-0.2, -0.15) is 0 Å². The Morgan fingerprint density at radius 3 is 2.58 bits per heavy atom. The first-order chi connectivity index (χ1) is 8.83. The zero-order valence-electron chi connectivity index (χ0n) is 11.9. The first-order valence-corrected chi connectivity index (χ1v) is 6.51. The number of H-pyrrole nitrogens is 1. The fourth-order valence-electron chi connectivity index (χ4n) is 2.14. The van der Waals surface area contributed by atoms with E-state index in [0.29, 0.717) is 24.3 Å². The van der Waals surface area contributed by atoms with Crippen molar-refractivity contribution in [2.75, 3.05) is 0 Å². The van der Waals surface area contributed by atoms with Crippen molar-refractivity contribution in [3.05, 3.63) is 27.2 Å². The van der Waals surface area contributed by atoms with E-state index in [1.165, 1.54) is 4.57 Å². The Balaban J connectivity index is 2.67. The van der Waals surface area contributed by atoms with Crippen molar-refractivity contribution in [1.29, 1.82) is 0 Å². The Bertz CT molecular complexity index is 700. The van der Waals surface area contributed by atoms with Gasteiger partial charge in [0.25, 0.3) is 5.56 Å². The second-order valence-corrected chi connectivity index (χ2v) is 6.02. The molecular weight excluding hydrogens is 244 g/mol. The molecule has 6 nitrogen and oxygen atoms in total. The van der Waals surface area contributed by atoms with Gasteiger partial charge in [0.1, 0.15) is 0 Å². The summed E-state index contributed by atoms with van der Waals surface area (Å²) in [5.41, 5.74) is 0.225. The van der Waals surface area contributed by atoms with Crippen LogP contribution in [0.15, 0.2) is 15.9 Å². The van der Waals surface area contributed by atoms with Gasteiger partial charge in [-0.05, 0) is 11.8 Å². The molecule has 2 heterocycles. The highest BCUT2D eigenvalue weighted by molar-refractivity contribution is 5.69. The van der Waals surface area contributed by atoms with E-state index in [-0.39, 0.29) is 16.7 Å². The molecule has 0 bridgehead atoms. The molecule has 0 aliphatic heterocycles. The lowest BCUT2D eigenvalue weighted by Gasteiger charge is -2.19. The van der Waals surface area contributed by atoms with E-state index >= 15 is 0 Å². The van der Waals surface area contributed by atoms with Crippen LogP contribution in [0.3, 0.4) is 0 Å². The van der Waals surface area contributed by atoms with E-state index in [1.54, 1.807) is 6.33 Å². The van der Waals surface area contributed by atoms with Crippen molar-refractivity contribution in [3.8, 4) is 0 Å². The van der Waals surface area contributed by atoms with Crippen molar-refractivity contribution in [1.82, 2.24) is 19.1 Å². The van der Waals surface area contributed by atoms with Crippen LogP contribution < -0.4 is 11.2 Å². The van der Waals surface area contributed by atoms with Crippen LogP contribution in [0.5, 0.6) is 0 Å². The predicted octanol–water partition coefficient (Wildman–Crippen LogP) is 1.34. The molecule has 2 aromatic heterocycles. The maximum absolute atomic E-state index is 12.4. The monoisotopic (exact) mass is 264 g/mol. The molecule has 0 radical (unpaired) electrons. The summed E-state index contributed by atoms with van der Waals surface area (Å²) in [6, 6.07) is 0. The number of hydrogen-bond donors (Lipinski definition) is 1. The van der Waals surface area contributed by atoms with Crippen LogP contribution in [0.2, 0.25) is 0 Å². The Labute approximate surface area is 111 Å². The summed E-state index contributed by atoms with van der Waals surface area (Å²) in [5, 5.41) is 0. The Kier molecular flexibility index (Phi) is 3.34. The summed E-state index contributed by atoms with van der Waals surface area (Å²) in [7, 11) is 0. The van der Waals surface area contributed by atoms with E-state index in [0.717, 1.165) is 6.42 Å². The van der Waals surface area contributed by atoms with Crippen LogP contribution in [0.25, 0.3) is 11.2 Å². The molecule has 0 aliphatic carbocycles. The number of hydrogen-bond acceptors (Lipinski definition) is 3. The van der Waals surface area contributed by atoms with Gasteiger partial charge in [-0.1, -0.05) is 27.7 Å². The van der Waals surface area contributed by atoms with E-state index in [1.807, 2.05) is 11.5 Å². The highest BCUT2D eigenvalue weighted by Crippen LogP contribution is 2.18. The van der Waals surface area contributed by atoms with Gasteiger partial charge in [-0.15, -0.1) is 0 Å². The predicted molar refractivity (Wildman–Crippen MR) is 74.4 cm³/mol. The quantitative estimate of drug-likeness (QED) is 0.909. The number of rotatable bonds is 3. The number of nitrogens with one attached hydrogen (secondary N) is 1. The lowest BCUT2D eigenvalue weighted by atomic mass is 9.97. The largest absolute Gasteiger partial charge is 0.330 e. The summed E-state index contributed by atoms with van der Waals surface area (Å²) < 4.78 is 3.06. The number of aromatic amines is 1. The fraction of sp³-hybridized carbons (Fsp3) is 0.615. The fourth-order valence-corrected chi connectivity index (χ4v) is 2.14. The standard InChI is InChI=1S/C13H20N4O2/c1-5-6-17-11(18)9-10(15-12(17)19)14-8-16(9)7-13(2,3)4/h8H,5-7H2,1-4H3,(H,15,19). The second kappa shape index (κ2) is 4.68. The average Bonchev–Trinajstić information content (AvgIpc) is 2.65. The Morgan fingerprint density at radius 1 is 1.32 bits per heavy atom. The topological polar surface area (TPSA) is 72.7 Å². The first-order valence-electron chi connectivity index (χ1n) is 6.51. The van der Waals surface area contributed by atoms with Gasteiger partial charge in [0.05, 0.1) is 6.33 Å². The molecule has 6 heteroatoms. The molecule has 0 saturated carbocycles. The molecule has 2 aromatic rings. The van der Waals surface area contributed by atoms with Crippen LogP contribution in [0.4, 0.5) is 0 Å². The van der Waals surface area contributed by atoms with Crippen LogP contribution in [-0.2, 0) is 13.1 Å². The molecule has 0 fully saturated rings. The number of nitrogens with zero attached hydrogens (tertiary/aromatic N) is 3. The van der Waals surface area contributed by atoms with E-state index < -0.39 is 0 Å². The van der Waals surface area contributed by atoms with Crippen molar-refractivity contribution in [2.24, 2.45) is 5.41 Å². The molecule has 0 spiro atoms. The second-order valence-electron chi connectivity index (χ2n) is 6.02.